The topological polar surface area (TPSA) is 174 Å². The Kier molecular flexibility index (Phi) is 9.95. The highest BCUT2D eigenvalue weighted by Gasteiger charge is 2.16. The van der Waals surface area contributed by atoms with E-state index in [1.54, 1.807) is 54.6 Å². The SMILES string of the molecule is O=C(CSc1cccc(NC(=O)/C(=C\c2ccc([N+](=O)[O-])cc2)NC(=O)c2ccccc2)c1)Nc1ccc([N+](=O)[O-])cc1. The first-order valence-corrected chi connectivity index (χ1v) is 13.6. The Hall–Kier alpha value is -5.82. The summed E-state index contributed by atoms with van der Waals surface area (Å²) in [6.45, 7) is 0. The molecule has 0 saturated heterocycles. The summed E-state index contributed by atoms with van der Waals surface area (Å²) >= 11 is 1.21. The number of nitro benzene ring substituents is 2. The van der Waals surface area contributed by atoms with Gasteiger partial charge in [-0.1, -0.05) is 24.3 Å². The van der Waals surface area contributed by atoms with Gasteiger partial charge in [0.25, 0.3) is 23.2 Å². The van der Waals surface area contributed by atoms with Gasteiger partial charge in [0.05, 0.1) is 15.6 Å². The molecule has 0 saturated carbocycles. The van der Waals surface area contributed by atoms with Crippen LogP contribution in [0.3, 0.4) is 0 Å². The Morgan fingerprint density at radius 1 is 0.721 bits per heavy atom. The number of nitro groups is 2. The minimum Gasteiger partial charge on any atom is -0.325 e. The lowest BCUT2D eigenvalue weighted by molar-refractivity contribution is -0.385. The van der Waals surface area contributed by atoms with Gasteiger partial charge >= 0.3 is 0 Å². The molecule has 0 aliphatic carbocycles. The van der Waals surface area contributed by atoms with E-state index in [1.165, 1.54) is 66.4 Å². The summed E-state index contributed by atoms with van der Waals surface area (Å²) in [5.74, 6) is -1.45. The van der Waals surface area contributed by atoms with Crippen molar-refractivity contribution < 1.29 is 24.2 Å². The molecular formula is C30H23N5O7S. The van der Waals surface area contributed by atoms with Gasteiger partial charge in [0.1, 0.15) is 5.70 Å². The average Bonchev–Trinajstić information content (AvgIpc) is 3.01. The summed E-state index contributed by atoms with van der Waals surface area (Å²) in [7, 11) is 0. The molecule has 0 aliphatic heterocycles. The van der Waals surface area contributed by atoms with Crippen molar-refractivity contribution in [2.45, 2.75) is 4.90 Å². The normalized spacial score (nSPS) is 10.8. The van der Waals surface area contributed by atoms with Crippen LogP contribution in [0, 0.1) is 20.2 Å². The summed E-state index contributed by atoms with van der Waals surface area (Å²) in [5.41, 5.74) is 1.30. The third-order valence-corrected chi connectivity index (χ3v) is 6.76. The summed E-state index contributed by atoms with van der Waals surface area (Å²) in [6.07, 6.45) is 1.40. The molecule has 216 valence electrons. The van der Waals surface area contributed by atoms with Gasteiger partial charge in [-0.15, -0.1) is 11.8 Å². The molecular weight excluding hydrogens is 574 g/mol. The third-order valence-electron chi connectivity index (χ3n) is 5.77. The van der Waals surface area contributed by atoms with Crippen LogP contribution in [0.15, 0.2) is 114 Å². The number of non-ortho nitro benzene ring substituents is 2. The molecule has 12 nitrogen and oxygen atoms in total. The molecule has 0 bridgehead atoms. The van der Waals surface area contributed by atoms with Crippen molar-refractivity contribution in [3.05, 3.63) is 140 Å². The van der Waals surface area contributed by atoms with Crippen molar-refractivity contribution in [1.82, 2.24) is 5.32 Å². The summed E-state index contributed by atoms with van der Waals surface area (Å²) in [5, 5.41) is 29.8. The Morgan fingerprint density at radius 2 is 1.35 bits per heavy atom. The van der Waals surface area contributed by atoms with Crippen molar-refractivity contribution >= 4 is 58.3 Å². The van der Waals surface area contributed by atoms with E-state index in [2.05, 4.69) is 16.0 Å². The minimum absolute atomic E-state index is 0.0345. The van der Waals surface area contributed by atoms with Gasteiger partial charge < -0.3 is 16.0 Å². The number of thioether (sulfide) groups is 1. The molecule has 13 heteroatoms. The molecule has 4 rings (SSSR count). The molecule has 0 spiro atoms. The van der Waals surface area contributed by atoms with E-state index in [-0.39, 0.29) is 28.7 Å². The number of carbonyl (C=O) groups excluding carboxylic acids is 3. The zero-order valence-corrected chi connectivity index (χ0v) is 23.1. The second-order valence-corrected chi connectivity index (χ2v) is 9.90. The maximum absolute atomic E-state index is 13.3. The second-order valence-electron chi connectivity index (χ2n) is 8.85. The van der Waals surface area contributed by atoms with E-state index in [1.807, 2.05) is 0 Å². The van der Waals surface area contributed by atoms with Crippen molar-refractivity contribution in [3.8, 4) is 0 Å². The lowest BCUT2D eigenvalue weighted by Crippen LogP contribution is -2.30. The molecule has 0 aliphatic rings. The zero-order chi connectivity index (χ0) is 30.8. The maximum atomic E-state index is 13.3. The number of hydrogen-bond donors (Lipinski definition) is 3. The van der Waals surface area contributed by atoms with E-state index in [4.69, 9.17) is 0 Å². The van der Waals surface area contributed by atoms with Crippen molar-refractivity contribution in [2.24, 2.45) is 0 Å². The third kappa shape index (κ3) is 8.83. The van der Waals surface area contributed by atoms with Gasteiger partial charge in [0.15, 0.2) is 0 Å². The standard InChI is InChI=1S/C30H23N5O7S/c36-28(31-22-11-15-25(16-12-22)35(41)42)19-43-26-8-4-7-23(18-26)32-30(38)27(33-29(37)21-5-2-1-3-6-21)17-20-9-13-24(14-10-20)34(39)40/h1-18H,19H2,(H,31,36)(H,32,38)(H,33,37)/b27-17+. The maximum Gasteiger partial charge on any atom is 0.272 e. The molecule has 0 aromatic heterocycles. The number of anilines is 2. The summed E-state index contributed by atoms with van der Waals surface area (Å²) < 4.78 is 0. The predicted octanol–water partition coefficient (Wildman–Crippen LogP) is 5.64. The first-order chi connectivity index (χ1) is 20.7. The highest BCUT2D eigenvalue weighted by Crippen LogP contribution is 2.23. The van der Waals surface area contributed by atoms with Crippen molar-refractivity contribution in [2.75, 3.05) is 16.4 Å². The van der Waals surface area contributed by atoms with Crippen LogP contribution in [0.4, 0.5) is 22.7 Å². The molecule has 0 atom stereocenters. The predicted molar refractivity (Wildman–Crippen MR) is 163 cm³/mol. The lowest BCUT2D eigenvalue weighted by atomic mass is 10.1. The number of amides is 3. The largest absolute Gasteiger partial charge is 0.325 e. The number of nitrogens with one attached hydrogen (secondary N) is 3. The van der Waals surface area contributed by atoms with Crippen LogP contribution >= 0.6 is 11.8 Å². The van der Waals surface area contributed by atoms with E-state index in [0.717, 1.165) is 0 Å². The van der Waals surface area contributed by atoms with E-state index in [0.29, 0.717) is 27.4 Å². The summed E-state index contributed by atoms with van der Waals surface area (Å²) in [4.78, 5) is 59.9. The molecule has 0 heterocycles. The highest BCUT2D eigenvalue weighted by atomic mass is 32.2. The molecule has 4 aromatic carbocycles. The lowest BCUT2D eigenvalue weighted by Gasteiger charge is -2.12. The molecule has 0 fully saturated rings. The van der Waals surface area contributed by atoms with E-state index < -0.39 is 21.7 Å². The second kappa shape index (κ2) is 14.2. The van der Waals surface area contributed by atoms with Crippen LogP contribution in [0.5, 0.6) is 0 Å². The van der Waals surface area contributed by atoms with Gasteiger partial charge in [0, 0.05) is 46.1 Å². The van der Waals surface area contributed by atoms with Crippen LogP contribution in [0.25, 0.3) is 6.08 Å². The number of rotatable bonds is 11. The summed E-state index contributed by atoms with van der Waals surface area (Å²) in [6, 6.07) is 26.0. The van der Waals surface area contributed by atoms with Gasteiger partial charge in [-0.25, -0.2) is 0 Å². The number of hydrogen-bond acceptors (Lipinski definition) is 8. The Bertz CT molecular complexity index is 1690. The quantitative estimate of drug-likeness (QED) is 0.0861. The molecule has 3 N–H and O–H groups in total. The fraction of sp³-hybridized carbons (Fsp3) is 0.0333. The number of carbonyl (C=O) groups is 3. The molecule has 3 amide bonds. The fourth-order valence-corrected chi connectivity index (χ4v) is 4.43. The van der Waals surface area contributed by atoms with E-state index >= 15 is 0 Å². The van der Waals surface area contributed by atoms with Crippen molar-refractivity contribution in [3.63, 3.8) is 0 Å². The van der Waals surface area contributed by atoms with Gasteiger partial charge in [-0.05, 0) is 66.2 Å². The van der Waals surface area contributed by atoms with Crippen LogP contribution < -0.4 is 16.0 Å². The van der Waals surface area contributed by atoms with Gasteiger partial charge in [0.2, 0.25) is 5.91 Å². The fourth-order valence-electron chi connectivity index (χ4n) is 3.68. The van der Waals surface area contributed by atoms with Crippen LogP contribution in [-0.4, -0.2) is 33.3 Å². The van der Waals surface area contributed by atoms with Crippen molar-refractivity contribution in [1.29, 1.82) is 0 Å². The molecule has 4 aromatic rings. The van der Waals surface area contributed by atoms with Gasteiger partial charge in [-0.2, -0.15) is 0 Å². The first-order valence-electron chi connectivity index (χ1n) is 12.6. The first kappa shape index (κ1) is 30.1. The Labute approximate surface area is 249 Å². The van der Waals surface area contributed by atoms with E-state index in [9.17, 15) is 34.6 Å². The van der Waals surface area contributed by atoms with Crippen LogP contribution in [0.2, 0.25) is 0 Å². The Balaban J connectivity index is 1.44. The van der Waals surface area contributed by atoms with Crippen LogP contribution in [0.1, 0.15) is 15.9 Å². The zero-order valence-electron chi connectivity index (χ0n) is 22.3. The number of nitrogens with zero attached hydrogens (tertiary/aromatic N) is 2. The van der Waals surface area contributed by atoms with Crippen LogP contribution in [-0.2, 0) is 9.59 Å². The Morgan fingerprint density at radius 3 is 1.98 bits per heavy atom. The highest BCUT2D eigenvalue weighted by molar-refractivity contribution is 8.00. The molecule has 0 unspecified atom stereocenters. The monoisotopic (exact) mass is 597 g/mol. The van der Waals surface area contributed by atoms with Gasteiger partial charge in [-0.3, -0.25) is 34.6 Å². The number of benzene rings is 4. The smallest absolute Gasteiger partial charge is 0.272 e. The molecule has 43 heavy (non-hydrogen) atoms. The minimum atomic E-state index is -0.638. The average molecular weight is 598 g/mol. The molecule has 0 radical (unpaired) electrons.